The fourth-order valence-electron chi connectivity index (χ4n) is 2.87. The van der Waals surface area contributed by atoms with Gasteiger partial charge in [0.2, 0.25) is 5.91 Å². The molecular formula is C17H26N2O4S. The molecule has 1 saturated heterocycles. The Kier molecular flexibility index (Phi) is 6.23. The molecule has 1 aliphatic heterocycles. The van der Waals surface area contributed by atoms with E-state index < -0.39 is 21.0 Å². The highest BCUT2D eigenvalue weighted by molar-refractivity contribution is 7.92. The van der Waals surface area contributed by atoms with E-state index in [1.165, 1.54) is 6.92 Å². The number of nitrogens with one attached hydrogen (secondary N) is 1. The van der Waals surface area contributed by atoms with Gasteiger partial charge in [0.15, 0.2) is 9.84 Å². The highest BCUT2D eigenvalue weighted by Crippen LogP contribution is 2.26. The van der Waals surface area contributed by atoms with Crippen molar-refractivity contribution in [2.75, 3.05) is 33.0 Å². The average molecular weight is 354 g/mol. The SMILES string of the molecule is COc1ccc([C@H](CNC(=O)[C@@H](C)S(C)(=O)=O)N2CCCC2)cc1. The molecule has 1 heterocycles. The molecule has 6 nitrogen and oxygen atoms in total. The van der Waals surface area contributed by atoms with Crippen molar-refractivity contribution in [3.63, 3.8) is 0 Å². The molecule has 1 fully saturated rings. The van der Waals surface area contributed by atoms with Crippen LogP contribution in [0, 0.1) is 0 Å². The predicted molar refractivity (Wildman–Crippen MR) is 93.9 cm³/mol. The second-order valence-electron chi connectivity index (χ2n) is 6.25. The number of nitrogens with zero attached hydrogens (tertiary/aromatic N) is 1. The van der Waals surface area contributed by atoms with Crippen molar-refractivity contribution in [1.29, 1.82) is 0 Å². The van der Waals surface area contributed by atoms with Crippen LogP contribution in [0.3, 0.4) is 0 Å². The maximum absolute atomic E-state index is 12.1. The number of hydrogen-bond acceptors (Lipinski definition) is 5. The van der Waals surface area contributed by atoms with Crippen LogP contribution >= 0.6 is 0 Å². The van der Waals surface area contributed by atoms with Gasteiger partial charge in [-0.3, -0.25) is 9.69 Å². The third kappa shape index (κ3) is 4.70. The summed E-state index contributed by atoms with van der Waals surface area (Å²) in [5.74, 6) is 0.337. The zero-order valence-corrected chi connectivity index (χ0v) is 15.3. The van der Waals surface area contributed by atoms with Crippen molar-refractivity contribution in [2.45, 2.75) is 31.1 Å². The summed E-state index contributed by atoms with van der Waals surface area (Å²) in [6.45, 7) is 3.77. The van der Waals surface area contributed by atoms with Crippen LogP contribution in [0.15, 0.2) is 24.3 Å². The first-order chi connectivity index (χ1) is 11.3. The van der Waals surface area contributed by atoms with Crippen LogP contribution in [0.4, 0.5) is 0 Å². The minimum absolute atomic E-state index is 0.0362. The number of sulfone groups is 1. The Morgan fingerprint density at radius 2 is 1.83 bits per heavy atom. The summed E-state index contributed by atoms with van der Waals surface area (Å²) < 4.78 is 28.2. The molecule has 1 aromatic rings. The van der Waals surface area contributed by atoms with Crippen molar-refractivity contribution in [3.05, 3.63) is 29.8 Å². The third-order valence-electron chi connectivity index (χ3n) is 4.56. The lowest BCUT2D eigenvalue weighted by atomic mass is 10.1. The molecule has 0 unspecified atom stereocenters. The molecular weight excluding hydrogens is 328 g/mol. The number of carbonyl (C=O) groups excluding carboxylic acids is 1. The highest BCUT2D eigenvalue weighted by atomic mass is 32.2. The van der Waals surface area contributed by atoms with Crippen LogP contribution in [0.1, 0.15) is 31.4 Å². The van der Waals surface area contributed by atoms with E-state index in [0.717, 1.165) is 43.5 Å². The van der Waals surface area contributed by atoms with Crippen molar-refractivity contribution in [2.24, 2.45) is 0 Å². The van der Waals surface area contributed by atoms with E-state index in [2.05, 4.69) is 10.2 Å². The largest absolute Gasteiger partial charge is 0.497 e. The van der Waals surface area contributed by atoms with E-state index in [1.807, 2.05) is 24.3 Å². The van der Waals surface area contributed by atoms with Gasteiger partial charge >= 0.3 is 0 Å². The van der Waals surface area contributed by atoms with Crippen LogP contribution in [-0.4, -0.2) is 57.5 Å². The molecule has 1 amide bonds. The fraction of sp³-hybridized carbons (Fsp3) is 0.588. The number of methoxy groups -OCH3 is 1. The van der Waals surface area contributed by atoms with E-state index in [0.29, 0.717) is 6.54 Å². The molecule has 0 saturated carbocycles. The Morgan fingerprint density at radius 1 is 1.25 bits per heavy atom. The van der Waals surface area contributed by atoms with Gasteiger partial charge in [-0.15, -0.1) is 0 Å². The molecule has 24 heavy (non-hydrogen) atoms. The summed E-state index contributed by atoms with van der Waals surface area (Å²) >= 11 is 0. The summed E-state index contributed by atoms with van der Waals surface area (Å²) in [5, 5.41) is 1.77. The number of rotatable bonds is 7. The number of ether oxygens (including phenoxy) is 1. The van der Waals surface area contributed by atoms with Crippen LogP contribution in [-0.2, 0) is 14.6 Å². The number of benzene rings is 1. The minimum Gasteiger partial charge on any atom is -0.497 e. The van der Waals surface area contributed by atoms with Crippen LogP contribution < -0.4 is 10.1 Å². The first-order valence-electron chi connectivity index (χ1n) is 8.17. The van der Waals surface area contributed by atoms with Crippen LogP contribution in [0.5, 0.6) is 5.75 Å². The molecule has 2 rings (SSSR count). The summed E-state index contributed by atoms with van der Waals surface area (Å²) in [7, 11) is -1.76. The molecule has 0 radical (unpaired) electrons. The molecule has 0 spiro atoms. The van der Waals surface area contributed by atoms with Gasteiger partial charge in [0.1, 0.15) is 11.0 Å². The molecule has 134 valence electrons. The fourth-order valence-corrected chi connectivity index (χ4v) is 3.34. The van der Waals surface area contributed by atoms with Gasteiger partial charge in [-0.2, -0.15) is 0 Å². The quantitative estimate of drug-likeness (QED) is 0.801. The van der Waals surface area contributed by atoms with E-state index in [1.54, 1.807) is 7.11 Å². The zero-order valence-electron chi connectivity index (χ0n) is 14.5. The van der Waals surface area contributed by atoms with E-state index in [4.69, 9.17) is 4.74 Å². The summed E-state index contributed by atoms with van der Waals surface area (Å²) in [5.41, 5.74) is 1.09. The maximum Gasteiger partial charge on any atom is 0.238 e. The number of carbonyl (C=O) groups is 1. The Labute approximate surface area is 144 Å². The molecule has 0 bridgehead atoms. The number of hydrogen-bond donors (Lipinski definition) is 1. The Bertz CT molecular complexity index is 652. The van der Waals surface area contributed by atoms with Crippen molar-refractivity contribution in [1.82, 2.24) is 10.2 Å². The number of amides is 1. The third-order valence-corrected chi connectivity index (χ3v) is 6.06. The second-order valence-corrected chi connectivity index (χ2v) is 8.62. The topological polar surface area (TPSA) is 75.7 Å². The van der Waals surface area contributed by atoms with Gasteiger partial charge in [-0.1, -0.05) is 12.1 Å². The maximum atomic E-state index is 12.1. The van der Waals surface area contributed by atoms with Gasteiger partial charge in [-0.25, -0.2) is 8.42 Å². The molecule has 0 aliphatic carbocycles. The smallest absolute Gasteiger partial charge is 0.238 e. The summed E-state index contributed by atoms with van der Waals surface area (Å²) in [4.78, 5) is 14.4. The van der Waals surface area contributed by atoms with Crippen molar-refractivity contribution < 1.29 is 17.9 Å². The van der Waals surface area contributed by atoms with Gasteiger partial charge in [0.05, 0.1) is 13.2 Å². The molecule has 1 aliphatic rings. The van der Waals surface area contributed by atoms with E-state index in [-0.39, 0.29) is 6.04 Å². The van der Waals surface area contributed by atoms with Crippen LogP contribution in [0.25, 0.3) is 0 Å². The Balaban J connectivity index is 2.10. The predicted octanol–water partition coefficient (Wildman–Crippen LogP) is 1.38. The summed E-state index contributed by atoms with van der Waals surface area (Å²) in [6, 6.07) is 7.83. The first-order valence-corrected chi connectivity index (χ1v) is 10.1. The second kappa shape index (κ2) is 7.98. The lowest BCUT2D eigenvalue weighted by molar-refractivity contribution is -0.120. The Hall–Kier alpha value is -1.60. The van der Waals surface area contributed by atoms with Gasteiger partial charge in [0, 0.05) is 12.8 Å². The lowest BCUT2D eigenvalue weighted by Crippen LogP contribution is -2.42. The monoisotopic (exact) mass is 354 g/mol. The van der Waals surface area contributed by atoms with Gasteiger partial charge < -0.3 is 10.1 Å². The Morgan fingerprint density at radius 3 is 2.33 bits per heavy atom. The molecule has 0 aromatic heterocycles. The average Bonchev–Trinajstić information content (AvgIpc) is 3.08. The lowest BCUT2D eigenvalue weighted by Gasteiger charge is -2.28. The van der Waals surface area contributed by atoms with Crippen molar-refractivity contribution >= 4 is 15.7 Å². The van der Waals surface area contributed by atoms with Gasteiger partial charge in [-0.05, 0) is 50.6 Å². The highest BCUT2D eigenvalue weighted by Gasteiger charge is 2.27. The molecule has 2 atom stereocenters. The standard InChI is InChI=1S/C17H26N2O4S/c1-13(24(3,21)22)17(20)18-12-16(19-10-4-5-11-19)14-6-8-15(23-2)9-7-14/h6-9,13,16H,4-5,10-12H2,1-3H3,(H,18,20)/t13-,16+/m1/s1. The zero-order chi connectivity index (χ0) is 17.7. The normalized spacial score (nSPS) is 18.1. The summed E-state index contributed by atoms with van der Waals surface area (Å²) in [6.07, 6.45) is 3.36. The van der Waals surface area contributed by atoms with Crippen molar-refractivity contribution in [3.8, 4) is 5.75 Å². The molecule has 7 heteroatoms. The van der Waals surface area contributed by atoms with Gasteiger partial charge in [0.25, 0.3) is 0 Å². The van der Waals surface area contributed by atoms with Crippen LogP contribution in [0.2, 0.25) is 0 Å². The molecule has 1 N–H and O–H groups in total. The van der Waals surface area contributed by atoms with E-state index in [9.17, 15) is 13.2 Å². The molecule has 1 aromatic carbocycles. The minimum atomic E-state index is -3.38. The van der Waals surface area contributed by atoms with E-state index >= 15 is 0 Å². The first kappa shape index (κ1) is 18.7. The number of likely N-dealkylation sites (tertiary alicyclic amines) is 1.